The van der Waals surface area contributed by atoms with Gasteiger partial charge in [0, 0.05) is 18.5 Å². The van der Waals surface area contributed by atoms with E-state index in [1.165, 1.54) is 11.1 Å². The van der Waals surface area contributed by atoms with Crippen LogP contribution in [0.15, 0.2) is 24.3 Å². The highest BCUT2D eigenvalue weighted by atomic mass is 35.5. The highest BCUT2D eigenvalue weighted by Crippen LogP contribution is 2.48. The van der Waals surface area contributed by atoms with Gasteiger partial charge in [0.25, 0.3) is 0 Å². The first kappa shape index (κ1) is 16.3. The van der Waals surface area contributed by atoms with Crippen molar-refractivity contribution in [2.45, 2.75) is 38.6 Å². The summed E-state index contributed by atoms with van der Waals surface area (Å²) in [5.41, 5.74) is 2.66. The Balaban J connectivity index is 0.00000161. The van der Waals surface area contributed by atoms with E-state index < -0.39 is 0 Å². The molecule has 3 rings (SSSR count). The third kappa shape index (κ3) is 3.58. The minimum absolute atomic E-state index is 0. The van der Waals surface area contributed by atoms with Gasteiger partial charge in [0.15, 0.2) is 0 Å². The van der Waals surface area contributed by atoms with Crippen molar-refractivity contribution in [3.63, 3.8) is 0 Å². The molecule has 0 radical (unpaired) electrons. The number of piperidine rings is 1. The zero-order valence-electron chi connectivity index (χ0n) is 12.8. The van der Waals surface area contributed by atoms with Gasteiger partial charge in [-0.2, -0.15) is 0 Å². The lowest BCUT2D eigenvalue weighted by Gasteiger charge is -2.30. The third-order valence-corrected chi connectivity index (χ3v) is 4.87. The van der Waals surface area contributed by atoms with Crippen LogP contribution in [0.1, 0.15) is 36.8 Å². The maximum absolute atomic E-state index is 12.4. The van der Waals surface area contributed by atoms with Crippen molar-refractivity contribution >= 4 is 18.3 Å². The van der Waals surface area contributed by atoms with Gasteiger partial charge < -0.3 is 10.6 Å². The Morgan fingerprint density at radius 2 is 2.10 bits per heavy atom. The lowest BCUT2D eigenvalue weighted by atomic mass is 9.94. The lowest BCUT2D eigenvalue weighted by Crippen LogP contribution is -2.50. The number of nitrogens with one attached hydrogen (secondary N) is 2. The van der Waals surface area contributed by atoms with Crippen LogP contribution in [0.5, 0.6) is 0 Å². The predicted octanol–water partition coefficient (Wildman–Crippen LogP) is 2.63. The first-order valence-corrected chi connectivity index (χ1v) is 7.73. The van der Waals surface area contributed by atoms with E-state index in [0.29, 0.717) is 17.9 Å². The molecule has 4 atom stereocenters. The van der Waals surface area contributed by atoms with Gasteiger partial charge in [0.1, 0.15) is 0 Å². The van der Waals surface area contributed by atoms with Crippen LogP contribution in [-0.2, 0) is 4.79 Å². The number of rotatable bonds is 3. The Hall–Kier alpha value is -1.06. The fourth-order valence-electron chi connectivity index (χ4n) is 3.30. The van der Waals surface area contributed by atoms with E-state index in [-0.39, 0.29) is 24.2 Å². The zero-order valence-corrected chi connectivity index (χ0v) is 13.6. The molecule has 1 saturated carbocycles. The first-order valence-electron chi connectivity index (χ1n) is 7.73. The van der Waals surface area contributed by atoms with Crippen LogP contribution in [0.4, 0.5) is 0 Å². The molecule has 0 spiro atoms. The second-order valence-electron chi connectivity index (χ2n) is 6.39. The summed E-state index contributed by atoms with van der Waals surface area (Å²) >= 11 is 0. The summed E-state index contributed by atoms with van der Waals surface area (Å²) in [6, 6.07) is 8.73. The van der Waals surface area contributed by atoms with Gasteiger partial charge in [-0.3, -0.25) is 4.79 Å². The van der Waals surface area contributed by atoms with Crippen molar-refractivity contribution in [3.8, 4) is 0 Å². The Morgan fingerprint density at radius 1 is 1.33 bits per heavy atom. The molecule has 1 saturated heterocycles. The molecule has 2 aliphatic rings. The number of carbonyl (C=O) groups excluding carboxylic acids is 1. The number of halogens is 1. The van der Waals surface area contributed by atoms with Gasteiger partial charge >= 0.3 is 0 Å². The fourth-order valence-corrected chi connectivity index (χ4v) is 3.30. The molecule has 0 bridgehead atoms. The van der Waals surface area contributed by atoms with Gasteiger partial charge in [-0.05, 0) is 49.3 Å². The van der Waals surface area contributed by atoms with Gasteiger partial charge in [0.2, 0.25) is 5.91 Å². The molecule has 2 fully saturated rings. The van der Waals surface area contributed by atoms with Gasteiger partial charge in [-0.25, -0.2) is 0 Å². The molecule has 1 aromatic rings. The fraction of sp³-hybridized carbons (Fsp3) is 0.588. The van der Waals surface area contributed by atoms with Crippen LogP contribution >= 0.6 is 12.4 Å². The van der Waals surface area contributed by atoms with Crippen LogP contribution in [0.3, 0.4) is 0 Å². The smallest absolute Gasteiger partial charge is 0.224 e. The molecule has 1 aliphatic heterocycles. The standard InChI is InChI=1S/C17H24N2O.ClH/c1-11-5-3-4-6-13(11)14-9-15(14)17(20)19-16-10-18-8-7-12(16)2;/h3-6,12,14-16,18H,7-10H2,1-2H3,(H,19,20);1H. The summed E-state index contributed by atoms with van der Waals surface area (Å²) in [5.74, 6) is 1.45. The molecule has 0 aromatic heterocycles. The first-order chi connectivity index (χ1) is 9.66. The maximum Gasteiger partial charge on any atom is 0.224 e. The van der Waals surface area contributed by atoms with Crippen LogP contribution in [0, 0.1) is 18.8 Å². The van der Waals surface area contributed by atoms with Gasteiger partial charge in [0.05, 0.1) is 0 Å². The molecule has 1 amide bonds. The number of benzene rings is 1. The molecule has 4 unspecified atom stereocenters. The van der Waals surface area contributed by atoms with E-state index in [4.69, 9.17) is 0 Å². The number of hydrogen-bond donors (Lipinski definition) is 2. The average Bonchev–Trinajstić information content (AvgIpc) is 3.22. The molecule has 2 N–H and O–H groups in total. The number of amides is 1. The Bertz CT molecular complexity index is 505. The Morgan fingerprint density at radius 3 is 2.81 bits per heavy atom. The van der Waals surface area contributed by atoms with E-state index in [0.717, 1.165) is 25.9 Å². The molecule has 1 aliphatic carbocycles. The van der Waals surface area contributed by atoms with E-state index in [2.05, 4.69) is 48.7 Å². The SMILES string of the molecule is Cc1ccccc1C1CC1C(=O)NC1CNCCC1C.Cl. The normalized spacial score (nSPS) is 31.1. The van der Waals surface area contributed by atoms with Crippen molar-refractivity contribution in [2.75, 3.05) is 13.1 Å². The largest absolute Gasteiger partial charge is 0.352 e. The van der Waals surface area contributed by atoms with E-state index in [9.17, 15) is 4.79 Å². The van der Waals surface area contributed by atoms with Crippen molar-refractivity contribution in [2.24, 2.45) is 11.8 Å². The van der Waals surface area contributed by atoms with Crippen molar-refractivity contribution < 1.29 is 4.79 Å². The lowest BCUT2D eigenvalue weighted by molar-refractivity contribution is -0.123. The highest BCUT2D eigenvalue weighted by molar-refractivity contribution is 5.85. The Labute approximate surface area is 133 Å². The van der Waals surface area contributed by atoms with Crippen LogP contribution in [0.25, 0.3) is 0 Å². The molecule has 1 aromatic carbocycles. The zero-order chi connectivity index (χ0) is 14.1. The van der Waals surface area contributed by atoms with Gasteiger partial charge in [-0.15, -0.1) is 12.4 Å². The number of carbonyl (C=O) groups is 1. The predicted molar refractivity (Wildman–Crippen MR) is 87.9 cm³/mol. The quantitative estimate of drug-likeness (QED) is 0.901. The number of hydrogen-bond acceptors (Lipinski definition) is 2. The molecule has 3 nitrogen and oxygen atoms in total. The minimum Gasteiger partial charge on any atom is -0.352 e. The van der Waals surface area contributed by atoms with Gasteiger partial charge in [-0.1, -0.05) is 31.2 Å². The van der Waals surface area contributed by atoms with Crippen LogP contribution in [0.2, 0.25) is 0 Å². The van der Waals surface area contributed by atoms with Crippen LogP contribution in [-0.4, -0.2) is 25.0 Å². The van der Waals surface area contributed by atoms with E-state index in [1.54, 1.807) is 0 Å². The highest BCUT2D eigenvalue weighted by Gasteiger charge is 2.45. The molecule has 1 heterocycles. The molecule has 4 heteroatoms. The minimum atomic E-state index is 0. The summed E-state index contributed by atoms with van der Waals surface area (Å²) in [6.07, 6.45) is 2.15. The number of aryl methyl sites for hydroxylation is 1. The van der Waals surface area contributed by atoms with Crippen molar-refractivity contribution in [1.29, 1.82) is 0 Å². The molecule has 116 valence electrons. The van der Waals surface area contributed by atoms with E-state index >= 15 is 0 Å². The third-order valence-electron chi connectivity index (χ3n) is 4.87. The molecular weight excluding hydrogens is 284 g/mol. The Kier molecular flexibility index (Phi) is 5.28. The second kappa shape index (κ2) is 6.80. The van der Waals surface area contributed by atoms with Crippen molar-refractivity contribution in [3.05, 3.63) is 35.4 Å². The molecule has 21 heavy (non-hydrogen) atoms. The monoisotopic (exact) mass is 308 g/mol. The van der Waals surface area contributed by atoms with Crippen LogP contribution < -0.4 is 10.6 Å². The molecular formula is C17H25ClN2O. The summed E-state index contributed by atoms with van der Waals surface area (Å²) in [4.78, 5) is 12.4. The summed E-state index contributed by atoms with van der Waals surface area (Å²) in [5, 5.41) is 6.62. The average molecular weight is 309 g/mol. The second-order valence-corrected chi connectivity index (χ2v) is 6.39. The van der Waals surface area contributed by atoms with Crippen molar-refractivity contribution in [1.82, 2.24) is 10.6 Å². The summed E-state index contributed by atoms with van der Waals surface area (Å²) < 4.78 is 0. The maximum atomic E-state index is 12.4. The summed E-state index contributed by atoms with van der Waals surface area (Å²) in [7, 11) is 0. The topological polar surface area (TPSA) is 41.1 Å². The summed E-state index contributed by atoms with van der Waals surface area (Å²) in [6.45, 7) is 6.35. The van der Waals surface area contributed by atoms with E-state index in [1.807, 2.05) is 0 Å².